The van der Waals surface area contributed by atoms with Gasteiger partial charge in [0.2, 0.25) is 0 Å². The first kappa shape index (κ1) is 14.2. The minimum absolute atomic E-state index is 0.523. The van der Waals surface area contributed by atoms with Gasteiger partial charge in [0.25, 0.3) is 0 Å². The number of fused-ring (bicyclic) bond motifs is 1. The lowest BCUT2D eigenvalue weighted by molar-refractivity contribution is 0.403. The lowest BCUT2D eigenvalue weighted by Gasteiger charge is -2.25. The smallest absolute Gasteiger partial charge is 0.124 e. The Labute approximate surface area is 116 Å². The molecule has 0 amide bonds. The second kappa shape index (κ2) is 5.83. The molecule has 106 valence electrons. The van der Waals surface area contributed by atoms with Gasteiger partial charge >= 0.3 is 0 Å². The first-order valence-corrected chi connectivity index (χ1v) is 7.19. The van der Waals surface area contributed by atoms with Crippen molar-refractivity contribution in [3.05, 3.63) is 23.8 Å². The molecule has 1 aliphatic heterocycles. The van der Waals surface area contributed by atoms with Crippen LogP contribution < -0.4 is 15.0 Å². The predicted molar refractivity (Wildman–Crippen MR) is 81.4 cm³/mol. The Bertz CT molecular complexity index is 431. The molecule has 19 heavy (non-hydrogen) atoms. The van der Waals surface area contributed by atoms with Gasteiger partial charge in [0, 0.05) is 35.8 Å². The minimum Gasteiger partial charge on any atom is -0.496 e. The number of ether oxygens (including phenoxy) is 1. The fraction of sp³-hybridized carbons (Fsp3) is 0.625. The van der Waals surface area contributed by atoms with Gasteiger partial charge < -0.3 is 15.0 Å². The Morgan fingerprint density at radius 1 is 1.37 bits per heavy atom. The van der Waals surface area contributed by atoms with E-state index >= 15 is 0 Å². The number of methoxy groups -OCH3 is 1. The molecule has 1 aromatic rings. The van der Waals surface area contributed by atoms with Gasteiger partial charge in [-0.05, 0) is 46.4 Å². The number of rotatable bonds is 5. The van der Waals surface area contributed by atoms with Gasteiger partial charge in [-0.2, -0.15) is 0 Å². The molecule has 1 heterocycles. The van der Waals surface area contributed by atoms with Crippen molar-refractivity contribution in [2.75, 3.05) is 25.6 Å². The van der Waals surface area contributed by atoms with Crippen molar-refractivity contribution in [2.45, 2.75) is 45.2 Å². The van der Waals surface area contributed by atoms with Crippen LogP contribution in [0.5, 0.6) is 5.75 Å². The van der Waals surface area contributed by atoms with Crippen LogP contribution in [-0.2, 0) is 0 Å². The topological polar surface area (TPSA) is 24.5 Å². The van der Waals surface area contributed by atoms with Gasteiger partial charge in [-0.3, -0.25) is 0 Å². The maximum Gasteiger partial charge on any atom is 0.124 e. The van der Waals surface area contributed by atoms with Crippen LogP contribution in [0.25, 0.3) is 0 Å². The monoisotopic (exact) mass is 262 g/mol. The summed E-state index contributed by atoms with van der Waals surface area (Å²) in [4.78, 5) is 2.49. The highest BCUT2D eigenvalue weighted by Crippen LogP contribution is 2.44. The maximum atomic E-state index is 5.58. The van der Waals surface area contributed by atoms with Gasteiger partial charge in [-0.1, -0.05) is 6.07 Å². The zero-order valence-corrected chi connectivity index (χ0v) is 12.7. The molecule has 1 aromatic carbocycles. The van der Waals surface area contributed by atoms with Gasteiger partial charge in [0.15, 0.2) is 0 Å². The van der Waals surface area contributed by atoms with Crippen molar-refractivity contribution in [1.82, 2.24) is 5.32 Å². The molecular formula is C16H26N2O. The molecule has 2 unspecified atom stereocenters. The molecule has 0 aliphatic carbocycles. The quantitative estimate of drug-likeness (QED) is 0.883. The molecule has 1 aliphatic rings. The molecule has 0 aromatic heterocycles. The average Bonchev–Trinajstić information content (AvgIpc) is 2.77. The second-order valence-electron chi connectivity index (χ2n) is 5.76. The van der Waals surface area contributed by atoms with E-state index in [4.69, 9.17) is 4.74 Å². The summed E-state index contributed by atoms with van der Waals surface area (Å²) in [7, 11) is 3.80. The van der Waals surface area contributed by atoms with E-state index in [9.17, 15) is 0 Å². The van der Waals surface area contributed by atoms with Crippen molar-refractivity contribution in [3.8, 4) is 5.75 Å². The van der Waals surface area contributed by atoms with Crippen LogP contribution in [0, 0.1) is 0 Å². The lowest BCUT2D eigenvalue weighted by Crippen LogP contribution is -2.31. The number of benzene rings is 1. The zero-order valence-electron chi connectivity index (χ0n) is 12.7. The first-order valence-electron chi connectivity index (χ1n) is 7.19. The molecular weight excluding hydrogens is 236 g/mol. The molecule has 3 heteroatoms. The number of nitrogens with zero attached hydrogens (tertiary/aromatic N) is 1. The summed E-state index contributed by atoms with van der Waals surface area (Å²) >= 11 is 0. The molecule has 1 N–H and O–H groups in total. The third-order valence-electron chi connectivity index (χ3n) is 4.15. The molecule has 0 fully saturated rings. The van der Waals surface area contributed by atoms with Crippen LogP contribution in [0.15, 0.2) is 18.2 Å². The van der Waals surface area contributed by atoms with Crippen LogP contribution in [0.1, 0.15) is 38.7 Å². The van der Waals surface area contributed by atoms with Crippen molar-refractivity contribution in [3.63, 3.8) is 0 Å². The van der Waals surface area contributed by atoms with E-state index in [-0.39, 0.29) is 0 Å². The first-order chi connectivity index (χ1) is 9.08. The lowest BCUT2D eigenvalue weighted by atomic mass is 9.94. The SMILES string of the molecule is CNC(C)CC1CN(C(C)C)c2cccc(OC)c21. The molecule has 0 saturated carbocycles. The highest BCUT2D eigenvalue weighted by molar-refractivity contribution is 5.65. The van der Waals surface area contributed by atoms with Gasteiger partial charge in [-0.25, -0.2) is 0 Å². The summed E-state index contributed by atoms with van der Waals surface area (Å²) in [5, 5.41) is 3.34. The summed E-state index contributed by atoms with van der Waals surface area (Å²) in [6, 6.07) is 7.45. The Hall–Kier alpha value is -1.22. The van der Waals surface area contributed by atoms with E-state index in [2.05, 4.69) is 49.2 Å². The molecule has 2 rings (SSSR count). The fourth-order valence-electron chi connectivity index (χ4n) is 3.02. The highest BCUT2D eigenvalue weighted by atomic mass is 16.5. The summed E-state index contributed by atoms with van der Waals surface area (Å²) < 4.78 is 5.58. The Morgan fingerprint density at radius 3 is 2.68 bits per heavy atom. The largest absolute Gasteiger partial charge is 0.496 e. The van der Waals surface area contributed by atoms with Crippen LogP contribution in [0.2, 0.25) is 0 Å². The van der Waals surface area contributed by atoms with E-state index in [1.54, 1.807) is 7.11 Å². The van der Waals surface area contributed by atoms with Crippen LogP contribution in [0.4, 0.5) is 5.69 Å². The van der Waals surface area contributed by atoms with Crippen molar-refractivity contribution in [1.29, 1.82) is 0 Å². The summed E-state index contributed by atoms with van der Waals surface area (Å²) in [5.74, 6) is 1.59. The third-order valence-corrected chi connectivity index (χ3v) is 4.15. The van der Waals surface area contributed by atoms with Crippen molar-refractivity contribution in [2.24, 2.45) is 0 Å². The Morgan fingerprint density at radius 2 is 2.11 bits per heavy atom. The Kier molecular flexibility index (Phi) is 4.35. The molecule has 3 nitrogen and oxygen atoms in total. The average molecular weight is 262 g/mol. The third kappa shape index (κ3) is 2.71. The van der Waals surface area contributed by atoms with Crippen LogP contribution in [-0.4, -0.2) is 32.8 Å². The van der Waals surface area contributed by atoms with E-state index in [1.807, 2.05) is 7.05 Å². The number of nitrogens with one attached hydrogen (secondary N) is 1. The van der Waals surface area contributed by atoms with Gasteiger partial charge in [-0.15, -0.1) is 0 Å². The zero-order chi connectivity index (χ0) is 14.0. The van der Waals surface area contributed by atoms with E-state index in [0.717, 1.165) is 18.7 Å². The minimum atomic E-state index is 0.523. The molecule has 0 saturated heterocycles. The number of anilines is 1. The van der Waals surface area contributed by atoms with Gasteiger partial charge in [0.1, 0.15) is 5.75 Å². The van der Waals surface area contributed by atoms with E-state index in [0.29, 0.717) is 18.0 Å². The standard InChI is InChI=1S/C16H26N2O/c1-11(2)18-10-13(9-12(3)17-4)16-14(18)7-6-8-15(16)19-5/h6-8,11-13,17H,9-10H2,1-5H3. The fourth-order valence-corrected chi connectivity index (χ4v) is 3.02. The normalized spacial score (nSPS) is 19.7. The molecule has 0 bridgehead atoms. The van der Waals surface area contributed by atoms with Gasteiger partial charge in [0.05, 0.1) is 7.11 Å². The predicted octanol–water partition coefficient (Wildman–Crippen LogP) is 3.01. The molecule has 0 spiro atoms. The highest BCUT2D eigenvalue weighted by Gasteiger charge is 2.33. The molecule has 0 radical (unpaired) electrons. The summed E-state index contributed by atoms with van der Waals surface area (Å²) in [5.41, 5.74) is 2.74. The number of hydrogen-bond acceptors (Lipinski definition) is 3. The second-order valence-corrected chi connectivity index (χ2v) is 5.76. The van der Waals surface area contributed by atoms with Crippen molar-refractivity contribution >= 4 is 5.69 Å². The Balaban J connectivity index is 2.36. The maximum absolute atomic E-state index is 5.58. The summed E-state index contributed by atoms with van der Waals surface area (Å²) in [6.45, 7) is 7.85. The van der Waals surface area contributed by atoms with Crippen LogP contribution in [0.3, 0.4) is 0 Å². The van der Waals surface area contributed by atoms with E-state index < -0.39 is 0 Å². The van der Waals surface area contributed by atoms with Crippen molar-refractivity contribution < 1.29 is 4.74 Å². The summed E-state index contributed by atoms with van der Waals surface area (Å²) in [6.07, 6.45) is 1.15. The molecule has 2 atom stereocenters. The van der Waals surface area contributed by atoms with E-state index in [1.165, 1.54) is 11.3 Å². The van der Waals surface area contributed by atoms with Crippen LogP contribution >= 0.6 is 0 Å². The number of hydrogen-bond donors (Lipinski definition) is 1.